The highest BCUT2D eigenvalue weighted by Crippen LogP contribution is 2.39. The van der Waals surface area contributed by atoms with E-state index < -0.39 is 0 Å². The Kier molecular flexibility index (Phi) is 3.10. The monoisotopic (exact) mass is 198 g/mol. The molecule has 2 fully saturated rings. The highest BCUT2D eigenvalue weighted by Gasteiger charge is 2.38. The van der Waals surface area contributed by atoms with E-state index in [0.29, 0.717) is 12.0 Å². The predicted molar refractivity (Wildman–Crippen MR) is 57.3 cm³/mol. The van der Waals surface area contributed by atoms with Gasteiger partial charge < -0.3 is 14.9 Å². The molecule has 2 rings (SSSR count). The predicted octanol–water partition coefficient (Wildman–Crippen LogP) is 0.396. The van der Waals surface area contributed by atoms with Gasteiger partial charge in [-0.15, -0.1) is 0 Å². The molecule has 2 heterocycles. The summed E-state index contributed by atoms with van der Waals surface area (Å²) in [6.45, 7) is 6.13. The molecule has 0 bridgehead atoms. The summed E-state index contributed by atoms with van der Waals surface area (Å²) in [5, 5.41) is 8.87. The van der Waals surface area contributed by atoms with Gasteiger partial charge in [-0.05, 0) is 51.4 Å². The van der Waals surface area contributed by atoms with Crippen molar-refractivity contribution in [3.8, 4) is 0 Å². The van der Waals surface area contributed by atoms with Crippen molar-refractivity contribution in [2.24, 2.45) is 5.41 Å². The van der Waals surface area contributed by atoms with Crippen LogP contribution in [-0.4, -0.2) is 61.3 Å². The van der Waals surface area contributed by atoms with Crippen LogP contribution in [0.25, 0.3) is 0 Å². The smallest absolute Gasteiger partial charge is 0.0558 e. The summed E-state index contributed by atoms with van der Waals surface area (Å²) in [7, 11) is 2.23. The van der Waals surface area contributed by atoms with E-state index in [1.165, 1.54) is 45.4 Å². The fourth-order valence-electron chi connectivity index (χ4n) is 2.96. The van der Waals surface area contributed by atoms with Crippen LogP contribution in [0.3, 0.4) is 0 Å². The first-order chi connectivity index (χ1) is 6.74. The number of rotatable bonds is 2. The van der Waals surface area contributed by atoms with Gasteiger partial charge in [-0.2, -0.15) is 0 Å². The SMILES string of the molecule is CN1CCC2(CCN(CCO)CC2)C1. The molecule has 0 atom stereocenters. The number of nitrogens with zero attached hydrogens (tertiary/aromatic N) is 2. The van der Waals surface area contributed by atoms with Crippen LogP contribution >= 0.6 is 0 Å². The van der Waals surface area contributed by atoms with E-state index >= 15 is 0 Å². The third-order valence-electron chi connectivity index (χ3n) is 3.96. The summed E-state index contributed by atoms with van der Waals surface area (Å²) < 4.78 is 0. The molecule has 0 radical (unpaired) electrons. The number of likely N-dealkylation sites (tertiary alicyclic amines) is 2. The van der Waals surface area contributed by atoms with Gasteiger partial charge in [0.25, 0.3) is 0 Å². The van der Waals surface area contributed by atoms with Crippen LogP contribution in [0.15, 0.2) is 0 Å². The van der Waals surface area contributed by atoms with Crippen molar-refractivity contribution in [3.05, 3.63) is 0 Å². The lowest BCUT2D eigenvalue weighted by Gasteiger charge is -2.39. The Balaban J connectivity index is 1.83. The molecule has 1 spiro atoms. The first-order valence-electron chi connectivity index (χ1n) is 5.76. The Bertz CT molecular complexity index is 188. The summed E-state index contributed by atoms with van der Waals surface area (Å²) in [5.41, 5.74) is 0.626. The molecule has 0 aliphatic carbocycles. The minimum Gasteiger partial charge on any atom is -0.395 e. The molecular weight excluding hydrogens is 176 g/mol. The number of aliphatic hydroxyl groups excluding tert-OH is 1. The van der Waals surface area contributed by atoms with Gasteiger partial charge in [-0.25, -0.2) is 0 Å². The Hall–Kier alpha value is -0.120. The van der Waals surface area contributed by atoms with Gasteiger partial charge in [0.2, 0.25) is 0 Å². The van der Waals surface area contributed by atoms with Gasteiger partial charge in [-0.3, -0.25) is 0 Å². The van der Waals surface area contributed by atoms with E-state index in [4.69, 9.17) is 5.11 Å². The number of β-amino-alcohol motifs (C(OH)–C–C–N with tert-alkyl or cyclic N) is 1. The van der Waals surface area contributed by atoms with E-state index in [2.05, 4.69) is 16.8 Å². The van der Waals surface area contributed by atoms with Crippen LogP contribution in [-0.2, 0) is 0 Å². The fraction of sp³-hybridized carbons (Fsp3) is 1.00. The van der Waals surface area contributed by atoms with Gasteiger partial charge >= 0.3 is 0 Å². The van der Waals surface area contributed by atoms with Crippen LogP contribution in [0, 0.1) is 5.41 Å². The third kappa shape index (κ3) is 2.10. The molecule has 0 saturated carbocycles. The third-order valence-corrected chi connectivity index (χ3v) is 3.96. The van der Waals surface area contributed by atoms with Crippen LogP contribution in [0.5, 0.6) is 0 Å². The van der Waals surface area contributed by atoms with Crippen molar-refractivity contribution in [1.82, 2.24) is 9.80 Å². The molecule has 82 valence electrons. The summed E-state index contributed by atoms with van der Waals surface area (Å²) in [5.74, 6) is 0. The zero-order chi connectivity index (χ0) is 10.0. The molecule has 0 aromatic rings. The summed E-state index contributed by atoms with van der Waals surface area (Å²) >= 11 is 0. The van der Waals surface area contributed by atoms with Crippen LogP contribution in [0.4, 0.5) is 0 Å². The van der Waals surface area contributed by atoms with Crippen LogP contribution in [0.1, 0.15) is 19.3 Å². The highest BCUT2D eigenvalue weighted by atomic mass is 16.3. The second kappa shape index (κ2) is 4.17. The van der Waals surface area contributed by atoms with E-state index in [-0.39, 0.29) is 0 Å². The molecule has 1 N–H and O–H groups in total. The molecule has 0 unspecified atom stereocenters. The zero-order valence-electron chi connectivity index (χ0n) is 9.21. The van der Waals surface area contributed by atoms with Crippen molar-refractivity contribution < 1.29 is 5.11 Å². The van der Waals surface area contributed by atoms with Gasteiger partial charge in [0.05, 0.1) is 6.61 Å². The number of hydrogen-bond donors (Lipinski definition) is 1. The Morgan fingerprint density at radius 3 is 2.29 bits per heavy atom. The molecule has 2 saturated heterocycles. The van der Waals surface area contributed by atoms with E-state index in [1.54, 1.807) is 0 Å². The maximum absolute atomic E-state index is 8.87. The molecular formula is C11H22N2O. The Labute approximate surface area is 86.7 Å². The van der Waals surface area contributed by atoms with Crippen molar-refractivity contribution in [3.63, 3.8) is 0 Å². The number of aliphatic hydroxyl groups is 1. The van der Waals surface area contributed by atoms with Crippen molar-refractivity contribution in [2.75, 3.05) is 46.4 Å². The lowest BCUT2D eigenvalue weighted by atomic mass is 9.78. The molecule has 0 aromatic heterocycles. The minimum atomic E-state index is 0.312. The first kappa shape index (κ1) is 10.4. The van der Waals surface area contributed by atoms with Crippen LogP contribution in [0.2, 0.25) is 0 Å². The van der Waals surface area contributed by atoms with E-state index in [1.807, 2.05) is 0 Å². The maximum Gasteiger partial charge on any atom is 0.0558 e. The average molecular weight is 198 g/mol. The van der Waals surface area contributed by atoms with Crippen molar-refractivity contribution >= 4 is 0 Å². The number of hydrogen-bond acceptors (Lipinski definition) is 3. The normalized spacial score (nSPS) is 28.7. The molecule has 3 nitrogen and oxygen atoms in total. The molecule has 2 aliphatic rings. The number of piperidine rings is 1. The maximum atomic E-state index is 8.87. The Morgan fingerprint density at radius 2 is 1.79 bits per heavy atom. The molecule has 14 heavy (non-hydrogen) atoms. The highest BCUT2D eigenvalue weighted by molar-refractivity contribution is 4.92. The Morgan fingerprint density at radius 1 is 1.14 bits per heavy atom. The van der Waals surface area contributed by atoms with E-state index in [0.717, 1.165) is 6.54 Å². The lowest BCUT2D eigenvalue weighted by Crippen LogP contribution is -2.42. The lowest BCUT2D eigenvalue weighted by molar-refractivity contribution is 0.0945. The first-order valence-corrected chi connectivity index (χ1v) is 5.76. The fourth-order valence-corrected chi connectivity index (χ4v) is 2.96. The molecule has 2 aliphatic heterocycles. The molecule has 0 aromatic carbocycles. The average Bonchev–Trinajstić information content (AvgIpc) is 2.53. The van der Waals surface area contributed by atoms with Crippen molar-refractivity contribution in [2.45, 2.75) is 19.3 Å². The summed E-state index contributed by atoms with van der Waals surface area (Å²) in [6.07, 6.45) is 4.05. The molecule has 0 amide bonds. The largest absolute Gasteiger partial charge is 0.395 e. The second-order valence-corrected chi connectivity index (χ2v) is 5.05. The molecule has 3 heteroatoms. The second-order valence-electron chi connectivity index (χ2n) is 5.05. The standard InChI is InChI=1S/C11H22N2O/c1-12-5-2-11(10-12)3-6-13(7-4-11)8-9-14/h14H,2-10H2,1H3. The minimum absolute atomic E-state index is 0.312. The summed E-state index contributed by atoms with van der Waals surface area (Å²) in [4.78, 5) is 4.85. The van der Waals surface area contributed by atoms with Gasteiger partial charge in [0.1, 0.15) is 0 Å². The topological polar surface area (TPSA) is 26.7 Å². The van der Waals surface area contributed by atoms with Gasteiger partial charge in [-0.1, -0.05) is 0 Å². The quantitative estimate of drug-likeness (QED) is 0.695. The zero-order valence-corrected chi connectivity index (χ0v) is 9.21. The van der Waals surface area contributed by atoms with Crippen molar-refractivity contribution in [1.29, 1.82) is 0 Å². The van der Waals surface area contributed by atoms with E-state index in [9.17, 15) is 0 Å². The summed E-state index contributed by atoms with van der Waals surface area (Å²) in [6, 6.07) is 0. The van der Waals surface area contributed by atoms with Gasteiger partial charge in [0.15, 0.2) is 0 Å². The van der Waals surface area contributed by atoms with Crippen LogP contribution < -0.4 is 0 Å². The van der Waals surface area contributed by atoms with Gasteiger partial charge in [0, 0.05) is 13.1 Å².